The molecule has 0 bridgehead atoms. The van der Waals surface area contributed by atoms with Crippen molar-refractivity contribution >= 4 is 23.4 Å². The maximum atomic E-state index is 11.7. The van der Waals surface area contributed by atoms with Crippen molar-refractivity contribution in [1.82, 2.24) is 0 Å². The average molecular weight is 235 g/mol. The second-order valence-corrected chi connectivity index (χ2v) is 4.37. The second kappa shape index (κ2) is 6.38. The maximum absolute atomic E-state index is 11.7. The summed E-state index contributed by atoms with van der Waals surface area (Å²) in [5, 5.41) is 2.89. The predicted octanol–water partition coefficient (Wildman–Crippen LogP) is 3.45. The summed E-state index contributed by atoms with van der Waals surface area (Å²) in [6.07, 6.45) is 2.72. The van der Waals surface area contributed by atoms with Gasteiger partial charge in [0.25, 0.3) is 5.91 Å². The van der Waals surface area contributed by atoms with Crippen molar-refractivity contribution in [2.75, 3.05) is 11.6 Å². The van der Waals surface area contributed by atoms with Crippen molar-refractivity contribution in [2.45, 2.75) is 19.1 Å². The van der Waals surface area contributed by atoms with Crippen molar-refractivity contribution in [3.05, 3.63) is 42.0 Å². The highest BCUT2D eigenvalue weighted by Crippen LogP contribution is 2.20. The third-order valence-corrected chi connectivity index (χ3v) is 2.91. The summed E-state index contributed by atoms with van der Waals surface area (Å²) < 4.78 is 0. The molecule has 1 amide bonds. The molecule has 1 aromatic rings. The standard InChI is InChI=1S/C13H17NOS/c1-4-10(2)13(15)14-12-8-6-5-7-11(12)9-16-3/h5-8H,2,4,9H2,1,3H3,(H,14,15). The second-order valence-electron chi connectivity index (χ2n) is 3.50. The van der Waals surface area contributed by atoms with Crippen LogP contribution in [0.2, 0.25) is 0 Å². The van der Waals surface area contributed by atoms with Gasteiger partial charge in [-0.25, -0.2) is 0 Å². The number of rotatable bonds is 5. The fourth-order valence-electron chi connectivity index (χ4n) is 1.29. The Morgan fingerprint density at radius 3 is 2.75 bits per heavy atom. The first-order chi connectivity index (χ1) is 7.69. The van der Waals surface area contributed by atoms with Gasteiger partial charge in [0.15, 0.2) is 0 Å². The van der Waals surface area contributed by atoms with Crippen LogP contribution in [0.15, 0.2) is 36.4 Å². The Labute approximate surface area is 101 Å². The van der Waals surface area contributed by atoms with Crippen LogP contribution in [-0.2, 0) is 10.5 Å². The van der Waals surface area contributed by atoms with Crippen LogP contribution < -0.4 is 5.32 Å². The van der Waals surface area contributed by atoms with Gasteiger partial charge in [-0.2, -0.15) is 11.8 Å². The van der Waals surface area contributed by atoms with Crippen molar-refractivity contribution in [2.24, 2.45) is 0 Å². The molecule has 0 spiro atoms. The summed E-state index contributed by atoms with van der Waals surface area (Å²) in [7, 11) is 0. The van der Waals surface area contributed by atoms with Crippen LogP contribution in [0.1, 0.15) is 18.9 Å². The number of hydrogen-bond donors (Lipinski definition) is 1. The molecule has 1 aromatic carbocycles. The summed E-state index contributed by atoms with van der Waals surface area (Å²) in [6, 6.07) is 7.86. The number of hydrogen-bond acceptors (Lipinski definition) is 2. The smallest absolute Gasteiger partial charge is 0.250 e. The zero-order chi connectivity index (χ0) is 12.0. The monoisotopic (exact) mass is 235 g/mol. The van der Waals surface area contributed by atoms with Crippen LogP contribution in [0.4, 0.5) is 5.69 Å². The summed E-state index contributed by atoms with van der Waals surface area (Å²) in [5.41, 5.74) is 2.64. The minimum atomic E-state index is -0.0870. The summed E-state index contributed by atoms with van der Waals surface area (Å²) in [6.45, 7) is 5.65. The van der Waals surface area contributed by atoms with Gasteiger partial charge in [-0.15, -0.1) is 0 Å². The SMILES string of the molecule is C=C(CC)C(=O)Nc1ccccc1CSC. The molecule has 0 aliphatic rings. The van der Waals surface area contributed by atoms with E-state index in [-0.39, 0.29) is 5.91 Å². The lowest BCUT2D eigenvalue weighted by Gasteiger charge is -2.10. The van der Waals surface area contributed by atoms with E-state index in [1.54, 1.807) is 11.8 Å². The molecular formula is C13H17NOS. The lowest BCUT2D eigenvalue weighted by molar-refractivity contribution is -0.112. The lowest BCUT2D eigenvalue weighted by Crippen LogP contribution is -2.14. The molecule has 0 fully saturated rings. The van der Waals surface area contributed by atoms with Crippen molar-refractivity contribution in [1.29, 1.82) is 0 Å². The van der Waals surface area contributed by atoms with Gasteiger partial charge in [-0.3, -0.25) is 4.79 Å². The van der Waals surface area contributed by atoms with Gasteiger partial charge in [0.2, 0.25) is 0 Å². The quantitative estimate of drug-likeness (QED) is 0.792. The van der Waals surface area contributed by atoms with Gasteiger partial charge in [-0.05, 0) is 24.3 Å². The Morgan fingerprint density at radius 2 is 2.12 bits per heavy atom. The van der Waals surface area contributed by atoms with E-state index in [1.807, 2.05) is 37.4 Å². The molecule has 0 aliphatic heterocycles. The minimum Gasteiger partial charge on any atom is -0.322 e. The number of para-hydroxylation sites is 1. The number of carbonyl (C=O) groups is 1. The van der Waals surface area contributed by atoms with Gasteiger partial charge < -0.3 is 5.32 Å². The maximum Gasteiger partial charge on any atom is 0.250 e. The summed E-state index contributed by atoms with van der Waals surface area (Å²) in [5.74, 6) is 0.811. The Bertz CT molecular complexity index is 387. The third-order valence-electron chi connectivity index (χ3n) is 2.31. The van der Waals surface area contributed by atoms with E-state index in [9.17, 15) is 4.79 Å². The molecule has 0 radical (unpaired) electrons. The number of amides is 1. The van der Waals surface area contributed by atoms with E-state index in [2.05, 4.69) is 11.9 Å². The molecule has 0 aliphatic carbocycles. The van der Waals surface area contributed by atoms with Crippen molar-refractivity contribution in [3.63, 3.8) is 0 Å². The van der Waals surface area contributed by atoms with Crippen LogP contribution in [0, 0.1) is 0 Å². The minimum absolute atomic E-state index is 0.0870. The fourth-order valence-corrected chi connectivity index (χ4v) is 1.86. The zero-order valence-corrected chi connectivity index (χ0v) is 10.6. The predicted molar refractivity (Wildman–Crippen MR) is 71.7 cm³/mol. The van der Waals surface area contributed by atoms with Gasteiger partial charge >= 0.3 is 0 Å². The first-order valence-corrected chi connectivity index (χ1v) is 6.64. The first kappa shape index (κ1) is 12.8. The van der Waals surface area contributed by atoms with Gasteiger partial charge in [0.05, 0.1) is 0 Å². The molecule has 0 saturated carbocycles. The van der Waals surface area contributed by atoms with Crippen LogP contribution >= 0.6 is 11.8 Å². The molecule has 1 rings (SSSR count). The van der Waals surface area contributed by atoms with Gasteiger partial charge in [0.1, 0.15) is 0 Å². The van der Waals surface area contributed by atoms with Gasteiger partial charge in [0, 0.05) is 17.0 Å². The Kier molecular flexibility index (Phi) is 5.12. The highest BCUT2D eigenvalue weighted by atomic mass is 32.2. The van der Waals surface area contributed by atoms with E-state index in [0.29, 0.717) is 12.0 Å². The highest BCUT2D eigenvalue weighted by molar-refractivity contribution is 7.97. The van der Waals surface area contributed by atoms with Crippen LogP contribution in [0.25, 0.3) is 0 Å². The number of benzene rings is 1. The molecular weight excluding hydrogens is 218 g/mol. The molecule has 0 saturated heterocycles. The molecule has 0 atom stereocenters. The lowest BCUT2D eigenvalue weighted by atomic mass is 10.1. The largest absolute Gasteiger partial charge is 0.322 e. The Hall–Kier alpha value is -1.22. The van der Waals surface area contributed by atoms with Gasteiger partial charge in [-0.1, -0.05) is 31.7 Å². The molecule has 0 aromatic heterocycles. The average Bonchev–Trinajstić information content (AvgIpc) is 2.31. The van der Waals surface area contributed by atoms with Crippen molar-refractivity contribution in [3.8, 4) is 0 Å². The highest BCUT2D eigenvalue weighted by Gasteiger charge is 2.07. The zero-order valence-electron chi connectivity index (χ0n) is 9.75. The summed E-state index contributed by atoms with van der Waals surface area (Å²) in [4.78, 5) is 11.7. The van der Waals surface area contributed by atoms with E-state index < -0.39 is 0 Å². The molecule has 2 nitrogen and oxygen atoms in total. The Balaban J connectivity index is 2.80. The third kappa shape index (κ3) is 3.42. The van der Waals surface area contributed by atoms with Crippen LogP contribution in [-0.4, -0.2) is 12.2 Å². The molecule has 86 valence electrons. The van der Waals surface area contributed by atoms with E-state index in [4.69, 9.17) is 0 Å². The van der Waals surface area contributed by atoms with Crippen molar-refractivity contribution < 1.29 is 4.79 Å². The molecule has 0 unspecified atom stereocenters. The number of anilines is 1. The molecule has 1 N–H and O–H groups in total. The number of carbonyl (C=O) groups excluding carboxylic acids is 1. The molecule has 3 heteroatoms. The summed E-state index contributed by atoms with van der Waals surface area (Å²) >= 11 is 1.74. The topological polar surface area (TPSA) is 29.1 Å². The van der Waals surface area contributed by atoms with E-state index in [0.717, 1.165) is 17.0 Å². The number of nitrogens with one attached hydrogen (secondary N) is 1. The first-order valence-electron chi connectivity index (χ1n) is 5.25. The fraction of sp³-hybridized carbons (Fsp3) is 0.308. The van der Waals surface area contributed by atoms with E-state index in [1.165, 1.54) is 0 Å². The number of thioether (sulfide) groups is 1. The molecule has 0 heterocycles. The van der Waals surface area contributed by atoms with Crippen LogP contribution in [0.5, 0.6) is 0 Å². The Morgan fingerprint density at radius 1 is 1.44 bits per heavy atom. The van der Waals surface area contributed by atoms with Crippen LogP contribution in [0.3, 0.4) is 0 Å². The van der Waals surface area contributed by atoms with E-state index >= 15 is 0 Å². The normalized spacial score (nSPS) is 9.88. The molecule has 16 heavy (non-hydrogen) atoms.